The fourth-order valence-electron chi connectivity index (χ4n) is 10.5. The van der Waals surface area contributed by atoms with Crippen molar-refractivity contribution in [1.82, 2.24) is 0 Å². The maximum atomic E-state index is 13.4. The van der Waals surface area contributed by atoms with Gasteiger partial charge in [0.25, 0.3) is 0 Å². The first-order valence-electron chi connectivity index (χ1n) is 16.0. The Balaban J connectivity index is 1.36. The Morgan fingerprint density at radius 1 is 0.974 bits per heavy atom. The molecule has 0 aliphatic heterocycles. The molecule has 0 saturated heterocycles. The average Bonchev–Trinajstić information content (AvgIpc) is 3.21. The Kier molecular flexibility index (Phi) is 8.05. The third-order valence-corrected chi connectivity index (χ3v) is 12.4. The van der Waals surface area contributed by atoms with Crippen LogP contribution in [-0.4, -0.2) is 23.3 Å². The third kappa shape index (κ3) is 5.22. The highest BCUT2D eigenvalue weighted by Crippen LogP contribution is 2.68. The molecule has 5 nitrogen and oxygen atoms in total. The van der Waals surface area contributed by atoms with Crippen molar-refractivity contribution in [2.24, 2.45) is 52.3 Å². The lowest BCUT2D eigenvalue weighted by Gasteiger charge is -2.62. The number of nitrogens with two attached hydrogens (primary N) is 2. The Morgan fingerprint density at radius 2 is 1.69 bits per heavy atom. The number of hydrogen-bond donors (Lipinski definition) is 3. The summed E-state index contributed by atoms with van der Waals surface area (Å²) in [6.07, 6.45) is 12.3. The Hall–Kier alpha value is -1.75. The first-order valence-corrected chi connectivity index (χ1v) is 16.0. The molecule has 0 spiro atoms. The summed E-state index contributed by atoms with van der Waals surface area (Å²) in [6, 6.07) is 4.95. The van der Waals surface area contributed by atoms with Gasteiger partial charge in [0.2, 0.25) is 0 Å². The van der Waals surface area contributed by atoms with Crippen molar-refractivity contribution in [3.8, 4) is 0 Å². The number of rotatable bonds is 7. The topological polar surface area (TPSA) is 98.6 Å². The molecule has 1 aromatic rings. The van der Waals surface area contributed by atoms with E-state index >= 15 is 0 Å². The van der Waals surface area contributed by atoms with Crippen LogP contribution in [0.1, 0.15) is 116 Å². The average molecular weight is 539 g/mol. The van der Waals surface area contributed by atoms with Crippen molar-refractivity contribution in [2.75, 3.05) is 11.5 Å². The van der Waals surface area contributed by atoms with Crippen molar-refractivity contribution in [1.29, 1.82) is 0 Å². The molecule has 0 amide bonds. The van der Waals surface area contributed by atoms with Crippen LogP contribution in [0.5, 0.6) is 0 Å². The second-order valence-corrected chi connectivity index (χ2v) is 15.0. The van der Waals surface area contributed by atoms with E-state index in [2.05, 4.69) is 34.6 Å². The fraction of sp³-hybridized carbons (Fsp3) is 0.794. The molecule has 0 radical (unpaired) electrons. The molecule has 4 aliphatic rings. The van der Waals surface area contributed by atoms with Crippen LogP contribution in [0.3, 0.4) is 0 Å². The molecule has 4 fully saturated rings. The number of carbonyl (C=O) groups excluding carboxylic acids is 1. The van der Waals surface area contributed by atoms with Crippen molar-refractivity contribution < 1.29 is 14.6 Å². The zero-order chi connectivity index (χ0) is 28.1. The summed E-state index contributed by atoms with van der Waals surface area (Å²) in [7, 11) is 0. The Morgan fingerprint density at radius 3 is 2.38 bits per heavy atom. The van der Waals surface area contributed by atoms with Gasteiger partial charge in [0, 0.05) is 23.2 Å². The molecule has 5 heteroatoms. The molecule has 10 atom stereocenters. The SMILES string of the molecule is CC(C)CCC[C@@H](C)[C@H]1CC[C@H]2[C@@H]3CCC4C[C@H](O)CC(OC(=O)c5cc(N)cc(N)c5)[C@@]4(C)[C@H]3CC[C@]12C. The normalized spacial score (nSPS) is 40.4. The van der Waals surface area contributed by atoms with Crippen LogP contribution in [0.2, 0.25) is 0 Å². The maximum Gasteiger partial charge on any atom is 0.338 e. The first-order chi connectivity index (χ1) is 18.4. The predicted molar refractivity (Wildman–Crippen MR) is 159 cm³/mol. The van der Waals surface area contributed by atoms with Gasteiger partial charge in [0.05, 0.1) is 11.7 Å². The highest BCUT2D eigenvalue weighted by Gasteiger charge is 2.63. The molecular weight excluding hydrogens is 484 g/mol. The minimum Gasteiger partial charge on any atom is -0.458 e. The van der Waals surface area contributed by atoms with Crippen LogP contribution in [0, 0.1) is 52.3 Å². The van der Waals surface area contributed by atoms with E-state index in [4.69, 9.17) is 16.2 Å². The Bertz CT molecular complexity index is 1020. The highest BCUT2D eigenvalue weighted by molar-refractivity contribution is 5.91. The van der Waals surface area contributed by atoms with Gasteiger partial charge in [-0.05, 0) is 110 Å². The number of fused-ring (bicyclic) bond motifs is 5. The summed E-state index contributed by atoms with van der Waals surface area (Å²) in [6.45, 7) is 12.2. The standard InChI is InChI=1S/C34H54N2O3/c1-20(2)7-6-8-21(3)28-11-12-29-27-10-9-23-17-26(37)19-31(34(23,5)30(27)13-14-33(28,29)4)39-32(38)22-15-24(35)18-25(36)16-22/h15-16,18,20-21,23,26-31,37H,6-14,17,19,35-36H2,1-5H3/t21-,23?,26+,27+,28-,29+,30+,31?,33-,34-/m1/s1. The molecule has 4 saturated carbocycles. The van der Waals surface area contributed by atoms with E-state index < -0.39 is 6.10 Å². The van der Waals surface area contributed by atoms with E-state index in [1.165, 1.54) is 51.4 Å². The van der Waals surface area contributed by atoms with E-state index in [0.29, 0.717) is 46.5 Å². The van der Waals surface area contributed by atoms with Gasteiger partial charge < -0.3 is 21.3 Å². The number of esters is 1. The van der Waals surface area contributed by atoms with Crippen LogP contribution in [0.4, 0.5) is 11.4 Å². The van der Waals surface area contributed by atoms with Crippen LogP contribution < -0.4 is 11.5 Å². The number of nitrogen functional groups attached to an aromatic ring is 2. The van der Waals surface area contributed by atoms with Gasteiger partial charge >= 0.3 is 5.97 Å². The number of benzene rings is 1. The van der Waals surface area contributed by atoms with E-state index in [-0.39, 0.29) is 17.5 Å². The van der Waals surface area contributed by atoms with Crippen LogP contribution in [0.15, 0.2) is 18.2 Å². The lowest BCUT2D eigenvalue weighted by molar-refractivity contribution is -0.183. The predicted octanol–water partition coefficient (Wildman–Crippen LogP) is 7.47. The molecule has 39 heavy (non-hydrogen) atoms. The highest BCUT2D eigenvalue weighted by atomic mass is 16.5. The van der Waals surface area contributed by atoms with Gasteiger partial charge in [-0.25, -0.2) is 4.79 Å². The molecule has 5 N–H and O–H groups in total. The lowest BCUT2D eigenvalue weighted by atomic mass is 9.43. The van der Waals surface area contributed by atoms with Gasteiger partial charge in [-0.15, -0.1) is 0 Å². The quantitative estimate of drug-likeness (QED) is 0.247. The molecule has 0 bridgehead atoms. The summed E-state index contributed by atoms with van der Waals surface area (Å²) in [5.41, 5.74) is 13.6. The maximum absolute atomic E-state index is 13.4. The van der Waals surface area contributed by atoms with E-state index in [1.807, 2.05) is 0 Å². The minimum atomic E-state index is -0.417. The second kappa shape index (κ2) is 10.9. The van der Waals surface area contributed by atoms with Crippen molar-refractivity contribution in [3.63, 3.8) is 0 Å². The van der Waals surface area contributed by atoms with Gasteiger partial charge in [-0.2, -0.15) is 0 Å². The van der Waals surface area contributed by atoms with E-state index in [0.717, 1.165) is 36.5 Å². The lowest BCUT2D eigenvalue weighted by Crippen LogP contribution is -2.60. The van der Waals surface area contributed by atoms with Crippen molar-refractivity contribution >= 4 is 17.3 Å². The second-order valence-electron chi connectivity index (χ2n) is 15.0. The largest absolute Gasteiger partial charge is 0.458 e. The molecule has 2 unspecified atom stereocenters. The molecule has 4 aliphatic carbocycles. The number of hydrogen-bond acceptors (Lipinski definition) is 5. The zero-order valence-corrected chi connectivity index (χ0v) is 25.1. The summed E-state index contributed by atoms with van der Waals surface area (Å²) in [5, 5.41) is 10.9. The molecule has 1 aromatic carbocycles. The van der Waals surface area contributed by atoms with Gasteiger partial charge in [0.15, 0.2) is 0 Å². The Labute approximate surface area is 236 Å². The fourth-order valence-corrected chi connectivity index (χ4v) is 10.5. The van der Waals surface area contributed by atoms with E-state index in [9.17, 15) is 9.90 Å². The zero-order valence-electron chi connectivity index (χ0n) is 25.1. The van der Waals surface area contributed by atoms with Crippen LogP contribution >= 0.6 is 0 Å². The summed E-state index contributed by atoms with van der Waals surface area (Å²) in [4.78, 5) is 13.4. The van der Waals surface area contributed by atoms with E-state index in [1.54, 1.807) is 18.2 Å². The van der Waals surface area contributed by atoms with Crippen LogP contribution in [0.25, 0.3) is 0 Å². The monoisotopic (exact) mass is 538 g/mol. The first kappa shape index (κ1) is 28.8. The smallest absolute Gasteiger partial charge is 0.338 e. The van der Waals surface area contributed by atoms with Gasteiger partial charge in [0.1, 0.15) is 6.10 Å². The summed E-state index contributed by atoms with van der Waals surface area (Å²) in [5.74, 6) is 4.45. The summed E-state index contributed by atoms with van der Waals surface area (Å²) < 4.78 is 6.33. The molecule has 218 valence electrons. The minimum absolute atomic E-state index is 0.105. The number of aliphatic hydroxyl groups excluding tert-OH is 1. The molecule has 0 aromatic heterocycles. The number of carbonyl (C=O) groups is 1. The number of ether oxygens (including phenoxy) is 1. The van der Waals surface area contributed by atoms with Gasteiger partial charge in [-0.3, -0.25) is 0 Å². The molecular formula is C34H54N2O3. The van der Waals surface area contributed by atoms with Gasteiger partial charge in [-0.1, -0.05) is 53.9 Å². The molecule has 0 heterocycles. The van der Waals surface area contributed by atoms with Crippen molar-refractivity contribution in [2.45, 2.75) is 117 Å². The van der Waals surface area contributed by atoms with Crippen LogP contribution in [-0.2, 0) is 4.74 Å². The molecule has 5 rings (SSSR count). The number of aliphatic hydroxyl groups is 1. The summed E-state index contributed by atoms with van der Waals surface area (Å²) >= 11 is 0. The number of anilines is 2. The van der Waals surface area contributed by atoms with Crippen molar-refractivity contribution in [3.05, 3.63) is 23.8 Å². The third-order valence-electron chi connectivity index (χ3n) is 12.4.